The maximum absolute atomic E-state index is 9.01. The Morgan fingerprint density at radius 1 is 0.633 bits per heavy atom. The van der Waals surface area contributed by atoms with Gasteiger partial charge in [-0.3, -0.25) is 0 Å². The number of fused-ring (bicyclic) bond motifs is 2. The van der Waals surface area contributed by atoms with Gasteiger partial charge < -0.3 is 0 Å². The summed E-state index contributed by atoms with van der Waals surface area (Å²) in [4.78, 5) is 9.71. The summed E-state index contributed by atoms with van der Waals surface area (Å²) in [5, 5.41) is 19.8. The molecule has 5 aromatic rings. The van der Waals surface area contributed by atoms with Crippen molar-refractivity contribution in [3.8, 4) is 33.3 Å². The van der Waals surface area contributed by atoms with Crippen LogP contribution in [0.1, 0.15) is 11.1 Å². The number of hydrogen-bond acceptors (Lipinski definition) is 6. The zero-order valence-corrected chi connectivity index (χ0v) is 19.8. The van der Waals surface area contributed by atoms with E-state index in [9.17, 15) is 0 Å². The van der Waals surface area contributed by atoms with Crippen molar-refractivity contribution >= 4 is 75.0 Å². The lowest BCUT2D eigenvalue weighted by Gasteiger charge is -1.98. The molecule has 0 bridgehead atoms. The van der Waals surface area contributed by atoms with Gasteiger partial charge in [0.25, 0.3) is 0 Å². The van der Waals surface area contributed by atoms with Gasteiger partial charge in [-0.2, -0.15) is 10.5 Å². The van der Waals surface area contributed by atoms with Crippen molar-refractivity contribution in [3.63, 3.8) is 0 Å². The third kappa shape index (κ3) is 3.13. The van der Waals surface area contributed by atoms with Crippen LogP contribution < -0.4 is 0 Å². The minimum Gasteiger partial charge on any atom is -0.235 e. The Morgan fingerprint density at radius 3 is 1.33 bits per heavy atom. The normalized spacial score (nSPS) is 10.9. The number of aromatic nitrogens is 2. The van der Waals surface area contributed by atoms with Crippen LogP contribution in [0, 0.1) is 22.7 Å². The summed E-state index contributed by atoms with van der Waals surface area (Å²) in [6.07, 6.45) is 0. The van der Waals surface area contributed by atoms with E-state index >= 15 is 0 Å². The molecule has 0 aliphatic heterocycles. The molecule has 0 atom stereocenters. The van der Waals surface area contributed by atoms with Gasteiger partial charge in [-0.25, -0.2) is 9.97 Å². The average Bonchev–Trinajstić information content (AvgIpc) is 3.44. The van der Waals surface area contributed by atoms with Crippen LogP contribution in [0.2, 0.25) is 0 Å². The van der Waals surface area contributed by atoms with Gasteiger partial charge in [0.1, 0.15) is 10.0 Å². The molecule has 2 heterocycles. The number of nitriles is 2. The predicted molar refractivity (Wildman–Crippen MR) is 128 cm³/mol. The van der Waals surface area contributed by atoms with E-state index in [1.165, 1.54) is 0 Å². The van der Waals surface area contributed by atoms with Gasteiger partial charge in [0.15, 0.2) is 0 Å². The summed E-state index contributed by atoms with van der Waals surface area (Å²) in [7, 11) is 0. The van der Waals surface area contributed by atoms with Gasteiger partial charge in [0.05, 0.1) is 52.6 Å². The first-order valence-corrected chi connectivity index (χ1v) is 11.9. The van der Waals surface area contributed by atoms with Crippen molar-refractivity contribution in [1.82, 2.24) is 9.97 Å². The minimum absolute atomic E-state index is 0.627. The molecule has 0 N–H and O–H groups in total. The van der Waals surface area contributed by atoms with Crippen LogP contribution in [-0.2, 0) is 0 Å². The molecular weight excluding hydrogens is 544 g/mol. The smallest absolute Gasteiger partial charge is 0.124 e. The first-order chi connectivity index (χ1) is 14.6. The number of rotatable bonds is 2. The second kappa shape index (κ2) is 7.57. The second-order valence-corrected chi connectivity index (χ2v) is 9.98. The third-order valence-corrected chi connectivity index (χ3v) is 8.90. The fourth-order valence-electron chi connectivity index (χ4n) is 3.07. The summed E-state index contributed by atoms with van der Waals surface area (Å²) in [5.41, 5.74) is 4.97. The largest absolute Gasteiger partial charge is 0.235 e. The molecule has 2 aromatic heterocycles. The number of halogens is 2. The Bertz CT molecular complexity index is 1350. The van der Waals surface area contributed by atoms with Crippen molar-refractivity contribution in [3.05, 3.63) is 68.6 Å². The minimum atomic E-state index is 0.627. The lowest BCUT2D eigenvalue weighted by Crippen LogP contribution is -1.80. The highest BCUT2D eigenvalue weighted by molar-refractivity contribution is 9.11. The third-order valence-electron chi connectivity index (χ3n) is 4.59. The zero-order valence-electron chi connectivity index (χ0n) is 15.0. The summed E-state index contributed by atoms with van der Waals surface area (Å²) in [5.74, 6) is 0. The first-order valence-electron chi connectivity index (χ1n) is 8.68. The van der Waals surface area contributed by atoms with Crippen molar-refractivity contribution in [2.75, 3.05) is 0 Å². The Morgan fingerprint density at radius 2 is 1.00 bits per heavy atom. The van der Waals surface area contributed by atoms with E-state index in [2.05, 4.69) is 44.0 Å². The Kier molecular flexibility index (Phi) is 4.88. The van der Waals surface area contributed by atoms with Gasteiger partial charge >= 0.3 is 0 Å². The number of nitrogens with zero attached hydrogens (tertiary/aromatic N) is 4. The molecule has 5 rings (SSSR count). The topological polar surface area (TPSA) is 73.4 Å². The SMILES string of the molecule is N#Cc1ccc(-c2nc3c(Br)c4sc(-c5ccc(C#N)cc5)nc4c(Br)c3s2)cc1. The van der Waals surface area contributed by atoms with Crippen molar-refractivity contribution in [2.24, 2.45) is 0 Å². The monoisotopic (exact) mass is 550 g/mol. The molecule has 0 aliphatic carbocycles. The lowest BCUT2D eigenvalue weighted by atomic mass is 10.1. The molecule has 8 heteroatoms. The van der Waals surface area contributed by atoms with Gasteiger partial charge in [-0.1, -0.05) is 24.3 Å². The van der Waals surface area contributed by atoms with Crippen LogP contribution in [0.4, 0.5) is 0 Å². The maximum atomic E-state index is 9.01. The molecule has 0 unspecified atom stereocenters. The molecule has 0 saturated carbocycles. The number of benzene rings is 3. The lowest BCUT2D eigenvalue weighted by molar-refractivity contribution is 1.44. The maximum Gasteiger partial charge on any atom is 0.124 e. The molecule has 0 spiro atoms. The Hall–Kier alpha value is -2.62. The molecule has 3 aromatic carbocycles. The van der Waals surface area contributed by atoms with Crippen molar-refractivity contribution in [2.45, 2.75) is 0 Å². The number of hydrogen-bond donors (Lipinski definition) is 0. The van der Waals surface area contributed by atoms with Crippen molar-refractivity contribution < 1.29 is 0 Å². The molecule has 0 amide bonds. The summed E-state index contributed by atoms with van der Waals surface area (Å²) in [6.45, 7) is 0. The van der Waals surface area contributed by atoms with Crippen LogP contribution in [0.25, 0.3) is 41.6 Å². The quantitative estimate of drug-likeness (QED) is 0.227. The van der Waals surface area contributed by atoms with Gasteiger partial charge in [-0.05, 0) is 56.1 Å². The molecule has 4 nitrogen and oxygen atoms in total. The molecule has 0 saturated heterocycles. The van der Waals surface area contributed by atoms with Crippen molar-refractivity contribution in [1.29, 1.82) is 10.5 Å². The summed E-state index contributed by atoms with van der Waals surface area (Å²) in [6, 6.07) is 19.2. The fourth-order valence-corrected chi connectivity index (χ4v) is 6.80. The van der Waals surface area contributed by atoms with Crippen LogP contribution >= 0.6 is 54.5 Å². The van der Waals surface area contributed by atoms with E-state index in [-0.39, 0.29) is 0 Å². The van der Waals surface area contributed by atoms with E-state index in [0.717, 1.165) is 50.5 Å². The zero-order chi connectivity index (χ0) is 20.8. The van der Waals surface area contributed by atoms with Crippen LogP contribution in [0.5, 0.6) is 0 Å². The van der Waals surface area contributed by atoms with Gasteiger partial charge in [0.2, 0.25) is 0 Å². The van der Waals surface area contributed by atoms with Crippen LogP contribution in [0.15, 0.2) is 57.5 Å². The van der Waals surface area contributed by atoms with E-state index in [1.807, 2.05) is 24.3 Å². The predicted octanol–water partition coefficient (Wildman–Crippen LogP) is 7.51. The highest BCUT2D eigenvalue weighted by Crippen LogP contribution is 2.46. The fraction of sp³-hybridized carbons (Fsp3) is 0. The van der Waals surface area contributed by atoms with Gasteiger partial charge in [-0.15, -0.1) is 22.7 Å². The highest BCUT2D eigenvalue weighted by atomic mass is 79.9. The van der Waals surface area contributed by atoms with E-state index in [4.69, 9.17) is 20.5 Å². The molecule has 0 aliphatic rings. The first kappa shape index (κ1) is 19.3. The Balaban J connectivity index is 1.66. The molecule has 142 valence electrons. The van der Waals surface area contributed by atoms with E-state index in [1.54, 1.807) is 46.9 Å². The van der Waals surface area contributed by atoms with Crippen LogP contribution in [-0.4, -0.2) is 9.97 Å². The molecular formula is C22H8Br2N4S2. The van der Waals surface area contributed by atoms with Gasteiger partial charge in [0, 0.05) is 11.1 Å². The second-order valence-electron chi connectivity index (χ2n) is 6.40. The molecule has 0 fully saturated rings. The highest BCUT2D eigenvalue weighted by Gasteiger charge is 2.20. The van der Waals surface area contributed by atoms with E-state index in [0.29, 0.717) is 11.1 Å². The van der Waals surface area contributed by atoms with E-state index < -0.39 is 0 Å². The van der Waals surface area contributed by atoms with Crippen LogP contribution in [0.3, 0.4) is 0 Å². The summed E-state index contributed by atoms with van der Waals surface area (Å²) < 4.78 is 3.88. The Labute approximate surface area is 196 Å². The summed E-state index contributed by atoms with van der Waals surface area (Å²) >= 11 is 10.7. The molecule has 30 heavy (non-hydrogen) atoms. The average molecular weight is 552 g/mol. The molecule has 0 radical (unpaired) electrons. The number of thiazole rings is 2. The standard InChI is InChI=1S/C22H8Br2N4S2/c23-15-17-19(29-21(27-17)13-5-1-11(9-25)2-6-13)16(24)18-20(15)30-22(28-18)14-7-3-12(10-26)4-8-14/h1-8H.